The van der Waals surface area contributed by atoms with E-state index >= 15 is 0 Å². The van der Waals surface area contributed by atoms with Gasteiger partial charge in [-0.2, -0.15) is 14.1 Å². The van der Waals surface area contributed by atoms with Gasteiger partial charge in [0, 0.05) is 11.1 Å². The molecule has 0 heterocycles. The highest BCUT2D eigenvalue weighted by atomic mass is 31.3. The van der Waals surface area contributed by atoms with Crippen LogP contribution >= 0.6 is 15.6 Å². The van der Waals surface area contributed by atoms with E-state index in [0.29, 0.717) is 24.7 Å². The molecule has 0 aliphatic carbocycles. The zero-order valence-corrected chi connectivity index (χ0v) is 18.5. The molecule has 11 nitrogen and oxygen atoms in total. The van der Waals surface area contributed by atoms with Gasteiger partial charge in [0.15, 0.2) is 0 Å². The third-order valence-corrected chi connectivity index (χ3v) is 4.71. The molecule has 0 aromatic heterocycles. The molecule has 0 spiro atoms. The molecule has 0 saturated carbocycles. The Kier molecular flexibility index (Phi) is 11.7. The van der Waals surface area contributed by atoms with E-state index < -0.39 is 15.6 Å². The van der Waals surface area contributed by atoms with Crippen molar-refractivity contribution in [2.45, 2.75) is 13.8 Å². The summed E-state index contributed by atoms with van der Waals surface area (Å²) in [5.74, 6) is 0.948. The van der Waals surface area contributed by atoms with Gasteiger partial charge >= 0.3 is 15.6 Å². The Bertz CT molecular complexity index is 818. The first-order valence-electron chi connectivity index (χ1n) is 8.83. The van der Waals surface area contributed by atoms with Crippen molar-refractivity contribution >= 4 is 27.2 Å². The zero-order chi connectivity index (χ0) is 23.3. The van der Waals surface area contributed by atoms with Crippen LogP contribution in [0.25, 0.3) is 11.5 Å². The number of rotatable bonds is 10. The SMILES string of the molecule is CCOOC(=C(OOCC)c1ccccc1)c1ccccc1.O=P(O)(O)OP(=O)(O)O. The smallest absolute Gasteiger partial charge is 0.333 e. The zero-order valence-electron chi connectivity index (χ0n) is 16.7. The van der Waals surface area contributed by atoms with Crippen LogP contribution in [0.1, 0.15) is 25.0 Å². The molecular formula is C18H24O11P2. The van der Waals surface area contributed by atoms with Gasteiger partial charge in [-0.3, -0.25) is 0 Å². The Morgan fingerprint density at radius 2 is 1.00 bits per heavy atom. The number of phosphoric acid groups is 2. The van der Waals surface area contributed by atoms with Crippen LogP contribution < -0.4 is 0 Å². The van der Waals surface area contributed by atoms with Crippen LogP contribution in [0.15, 0.2) is 60.7 Å². The number of benzene rings is 2. The van der Waals surface area contributed by atoms with Crippen LogP contribution in [0.5, 0.6) is 0 Å². The largest absolute Gasteiger partial charge is 0.478 e. The fraction of sp³-hybridized carbons (Fsp3) is 0.222. The van der Waals surface area contributed by atoms with Crippen LogP contribution in [0.3, 0.4) is 0 Å². The molecular weight excluding hydrogens is 454 g/mol. The molecule has 0 bridgehead atoms. The van der Waals surface area contributed by atoms with Gasteiger partial charge in [-0.1, -0.05) is 60.7 Å². The Hall–Kier alpha value is -2.04. The lowest BCUT2D eigenvalue weighted by Gasteiger charge is -2.14. The minimum absolute atomic E-state index is 0.424. The van der Waals surface area contributed by atoms with Crippen LogP contribution in [0.2, 0.25) is 0 Å². The van der Waals surface area contributed by atoms with Gasteiger partial charge in [0.05, 0.1) is 13.2 Å². The Balaban J connectivity index is 0.000000452. The lowest BCUT2D eigenvalue weighted by atomic mass is 10.1. The summed E-state index contributed by atoms with van der Waals surface area (Å²) in [7, 11) is -10.1. The molecule has 4 N–H and O–H groups in total. The van der Waals surface area contributed by atoms with E-state index in [9.17, 15) is 9.13 Å². The lowest BCUT2D eigenvalue weighted by Crippen LogP contribution is -2.03. The standard InChI is InChI=1S/C18H20O4.H4O7P2/c1-3-19-21-17(15-11-7-5-8-12-15)18(22-20-4-2)16-13-9-6-10-14-16;1-8(2,3)7-9(4,5)6/h5-14H,3-4H2,1-2H3;(H2,1,2,3)(H2,4,5,6). The minimum Gasteiger partial charge on any atom is -0.333 e. The highest BCUT2D eigenvalue weighted by Gasteiger charge is 2.28. The summed E-state index contributed by atoms with van der Waals surface area (Å²) in [6, 6.07) is 19.3. The summed E-state index contributed by atoms with van der Waals surface area (Å²) in [5.41, 5.74) is 1.68. The van der Waals surface area contributed by atoms with Crippen molar-refractivity contribution < 1.29 is 52.6 Å². The van der Waals surface area contributed by atoms with Gasteiger partial charge in [-0.15, -0.1) is 0 Å². The topological polar surface area (TPSA) is 161 Å². The van der Waals surface area contributed by atoms with Crippen molar-refractivity contribution in [3.8, 4) is 0 Å². The van der Waals surface area contributed by atoms with Crippen LogP contribution in [0, 0.1) is 0 Å². The molecule has 2 aromatic carbocycles. The molecule has 0 saturated heterocycles. The van der Waals surface area contributed by atoms with E-state index in [1.165, 1.54) is 0 Å². The molecule has 0 aliphatic heterocycles. The highest BCUT2D eigenvalue weighted by Crippen LogP contribution is 2.53. The first-order valence-corrected chi connectivity index (χ1v) is 11.9. The molecule has 0 amide bonds. The van der Waals surface area contributed by atoms with Gasteiger partial charge in [0.2, 0.25) is 11.5 Å². The second kappa shape index (κ2) is 13.4. The molecule has 2 aromatic rings. The van der Waals surface area contributed by atoms with Crippen LogP contribution in [-0.4, -0.2) is 32.8 Å². The fourth-order valence-electron chi connectivity index (χ4n) is 1.99. The predicted octanol–water partition coefficient (Wildman–Crippen LogP) is 3.64. The molecule has 13 heteroatoms. The van der Waals surface area contributed by atoms with Crippen molar-refractivity contribution in [2.75, 3.05) is 13.2 Å². The average molecular weight is 478 g/mol. The quantitative estimate of drug-likeness (QED) is 0.130. The molecule has 2 rings (SSSR count). The molecule has 172 valence electrons. The second-order valence-corrected chi connectivity index (χ2v) is 8.05. The number of hydrogen-bond acceptors (Lipinski definition) is 7. The highest BCUT2D eigenvalue weighted by molar-refractivity contribution is 7.60. The third kappa shape index (κ3) is 11.8. The van der Waals surface area contributed by atoms with Gasteiger partial charge in [-0.25, -0.2) is 9.13 Å². The summed E-state index contributed by atoms with van der Waals surface area (Å²) < 4.78 is 22.2. The van der Waals surface area contributed by atoms with Gasteiger partial charge in [0.1, 0.15) is 0 Å². The van der Waals surface area contributed by atoms with Crippen molar-refractivity contribution in [2.24, 2.45) is 0 Å². The fourth-order valence-corrected chi connectivity index (χ4v) is 3.10. The maximum absolute atomic E-state index is 9.63. The van der Waals surface area contributed by atoms with E-state index in [1.807, 2.05) is 74.5 Å². The Morgan fingerprint density at radius 1 is 0.677 bits per heavy atom. The summed E-state index contributed by atoms with van der Waals surface area (Å²) in [5, 5.41) is 0. The van der Waals surface area contributed by atoms with E-state index in [-0.39, 0.29) is 0 Å². The molecule has 31 heavy (non-hydrogen) atoms. The lowest BCUT2D eigenvalue weighted by molar-refractivity contribution is -0.246. The van der Waals surface area contributed by atoms with Gasteiger partial charge < -0.3 is 29.3 Å². The second-order valence-electron chi connectivity index (χ2n) is 5.43. The van der Waals surface area contributed by atoms with E-state index in [2.05, 4.69) is 4.31 Å². The molecule has 0 fully saturated rings. The van der Waals surface area contributed by atoms with Gasteiger partial charge in [-0.05, 0) is 13.8 Å². The summed E-state index contributed by atoms with van der Waals surface area (Å²) in [6.07, 6.45) is 0. The first kappa shape index (κ1) is 27.0. The molecule has 0 unspecified atom stereocenters. The van der Waals surface area contributed by atoms with Crippen LogP contribution in [0.4, 0.5) is 0 Å². The Labute approximate surface area is 179 Å². The van der Waals surface area contributed by atoms with Crippen molar-refractivity contribution in [3.05, 3.63) is 71.8 Å². The van der Waals surface area contributed by atoms with Gasteiger partial charge in [0.25, 0.3) is 0 Å². The first-order chi connectivity index (χ1) is 14.6. The monoisotopic (exact) mass is 478 g/mol. The number of hydrogen-bond donors (Lipinski definition) is 4. The van der Waals surface area contributed by atoms with E-state index in [0.717, 1.165) is 11.1 Å². The van der Waals surface area contributed by atoms with Crippen molar-refractivity contribution in [1.29, 1.82) is 0 Å². The normalized spacial score (nSPS) is 12.3. The summed E-state index contributed by atoms with van der Waals surface area (Å²) in [4.78, 5) is 52.2. The maximum Gasteiger partial charge on any atom is 0.478 e. The van der Waals surface area contributed by atoms with Crippen LogP contribution in [-0.2, 0) is 33.0 Å². The van der Waals surface area contributed by atoms with E-state index in [1.54, 1.807) is 0 Å². The minimum atomic E-state index is -5.05. The predicted molar refractivity (Wildman–Crippen MR) is 110 cm³/mol. The van der Waals surface area contributed by atoms with E-state index in [4.69, 9.17) is 39.1 Å². The Morgan fingerprint density at radius 3 is 1.23 bits per heavy atom. The van der Waals surface area contributed by atoms with Crippen molar-refractivity contribution in [1.82, 2.24) is 0 Å². The molecule has 0 atom stereocenters. The van der Waals surface area contributed by atoms with Crippen molar-refractivity contribution in [3.63, 3.8) is 0 Å². The average Bonchev–Trinajstić information content (AvgIpc) is 2.69. The third-order valence-electron chi connectivity index (χ3n) is 3.01. The molecule has 0 aliphatic rings. The summed E-state index contributed by atoms with van der Waals surface area (Å²) >= 11 is 0. The maximum atomic E-state index is 9.63. The summed E-state index contributed by atoms with van der Waals surface area (Å²) in [6.45, 7) is 4.56. The molecule has 0 radical (unpaired) electrons.